The standard InChI is InChI=1S/C33H35F3N2O5/c1-5-7-14-27(38-17-16-25(20-29(38)39)33(34,35)36)32(41)37-26(21-30(40)42-4)23-12-10-13-24(19-23)31-22(3)11-9-15-28(31)43-18-8-6-2/h5-6,9-13,15-17,19-20,26-27H,1-2,7-8,14,18,21H2,3-4H3,(H,37,41)/t26-,27-/m0/s1. The topological polar surface area (TPSA) is 86.6 Å². The molecule has 43 heavy (non-hydrogen) atoms. The van der Waals surface area contributed by atoms with Crippen LogP contribution < -0.4 is 15.6 Å². The van der Waals surface area contributed by atoms with E-state index < -0.39 is 41.3 Å². The molecule has 0 spiro atoms. The third kappa shape index (κ3) is 8.70. The van der Waals surface area contributed by atoms with Crippen LogP contribution in [0, 0.1) is 6.92 Å². The van der Waals surface area contributed by atoms with Crippen LogP contribution in [-0.2, 0) is 20.5 Å². The highest BCUT2D eigenvalue weighted by Crippen LogP contribution is 2.35. The van der Waals surface area contributed by atoms with E-state index in [2.05, 4.69) is 18.5 Å². The van der Waals surface area contributed by atoms with Crippen molar-refractivity contribution < 1.29 is 32.2 Å². The number of aromatic nitrogens is 1. The lowest BCUT2D eigenvalue weighted by Gasteiger charge is -2.24. The maximum Gasteiger partial charge on any atom is 0.416 e. The lowest BCUT2D eigenvalue weighted by molar-refractivity contribution is -0.141. The summed E-state index contributed by atoms with van der Waals surface area (Å²) in [5, 5.41) is 2.83. The van der Waals surface area contributed by atoms with Gasteiger partial charge in [-0.05, 0) is 61.1 Å². The number of ether oxygens (including phenoxy) is 2. The summed E-state index contributed by atoms with van der Waals surface area (Å²) in [6, 6.07) is 12.1. The van der Waals surface area contributed by atoms with Gasteiger partial charge in [-0.15, -0.1) is 13.2 Å². The minimum atomic E-state index is -4.71. The molecule has 3 rings (SSSR count). The zero-order valence-corrected chi connectivity index (χ0v) is 24.2. The largest absolute Gasteiger partial charge is 0.493 e. The Kier molecular flexibility index (Phi) is 11.5. The molecule has 1 heterocycles. The van der Waals surface area contributed by atoms with Crippen molar-refractivity contribution in [1.82, 2.24) is 9.88 Å². The van der Waals surface area contributed by atoms with Crippen molar-refractivity contribution in [2.45, 2.75) is 50.9 Å². The highest BCUT2D eigenvalue weighted by atomic mass is 19.4. The monoisotopic (exact) mass is 596 g/mol. The van der Waals surface area contributed by atoms with Crippen LogP contribution in [-0.4, -0.2) is 30.2 Å². The fraction of sp³-hybridized carbons (Fsp3) is 0.303. The highest BCUT2D eigenvalue weighted by molar-refractivity contribution is 5.82. The molecule has 0 unspecified atom stereocenters. The lowest BCUT2D eigenvalue weighted by atomic mass is 9.94. The number of nitrogens with one attached hydrogen (secondary N) is 1. The lowest BCUT2D eigenvalue weighted by Crippen LogP contribution is -2.39. The Bertz CT molecular complexity index is 1510. The van der Waals surface area contributed by atoms with Crippen LogP contribution in [0.15, 0.2) is 90.9 Å². The Balaban J connectivity index is 2.01. The number of pyridine rings is 1. The highest BCUT2D eigenvalue weighted by Gasteiger charge is 2.32. The van der Waals surface area contributed by atoms with Crippen molar-refractivity contribution in [3.63, 3.8) is 0 Å². The summed E-state index contributed by atoms with van der Waals surface area (Å²) in [6.45, 7) is 9.75. The maximum absolute atomic E-state index is 13.6. The Hall–Kier alpha value is -4.60. The predicted octanol–water partition coefficient (Wildman–Crippen LogP) is 6.73. The number of methoxy groups -OCH3 is 1. The number of nitrogens with zero attached hydrogens (tertiary/aromatic N) is 1. The number of carbonyl (C=O) groups excluding carboxylic acids is 2. The third-order valence-electron chi connectivity index (χ3n) is 6.86. The van der Waals surface area contributed by atoms with Crippen molar-refractivity contribution in [2.75, 3.05) is 13.7 Å². The molecule has 0 aliphatic carbocycles. The van der Waals surface area contributed by atoms with E-state index in [1.807, 2.05) is 37.3 Å². The molecule has 0 aliphatic heterocycles. The van der Waals surface area contributed by atoms with Gasteiger partial charge in [0, 0.05) is 17.8 Å². The summed E-state index contributed by atoms with van der Waals surface area (Å²) in [4.78, 5) is 38.7. The molecule has 0 bridgehead atoms. The summed E-state index contributed by atoms with van der Waals surface area (Å²) in [7, 11) is 1.23. The molecule has 0 aliphatic rings. The molecule has 0 saturated heterocycles. The molecule has 0 saturated carbocycles. The molecular formula is C33H35F3N2O5. The summed E-state index contributed by atoms with van der Waals surface area (Å²) >= 11 is 0. The van der Waals surface area contributed by atoms with E-state index in [0.29, 0.717) is 36.8 Å². The second kappa shape index (κ2) is 15.0. The normalized spacial score (nSPS) is 12.6. The molecule has 0 radical (unpaired) electrons. The first-order valence-corrected chi connectivity index (χ1v) is 13.7. The predicted molar refractivity (Wildman–Crippen MR) is 159 cm³/mol. The first-order valence-electron chi connectivity index (χ1n) is 13.7. The molecule has 10 heteroatoms. The van der Waals surface area contributed by atoms with E-state index in [4.69, 9.17) is 9.47 Å². The number of amides is 1. The van der Waals surface area contributed by atoms with Crippen molar-refractivity contribution in [3.8, 4) is 16.9 Å². The maximum atomic E-state index is 13.6. The van der Waals surface area contributed by atoms with Gasteiger partial charge in [0.2, 0.25) is 5.91 Å². The van der Waals surface area contributed by atoms with Gasteiger partial charge in [-0.1, -0.05) is 42.5 Å². The number of alkyl halides is 3. The van der Waals surface area contributed by atoms with E-state index in [9.17, 15) is 27.6 Å². The Morgan fingerprint density at radius 2 is 1.77 bits per heavy atom. The quantitative estimate of drug-likeness (QED) is 0.127. The molecule has 2 aromatic carbocycles. The Morgan fingerprint density at radius 3 is 2.42 bits per heavy atom. The summed E-state index contributed by atoms with van der Waals surface area (Å²) in [6.07, 6.45) is 0.402. The average molecular weight is 597 g/mol. The van der Waals surface area contributed by atoms with E-state index in [0.717, 1.165) is 33.5 Å². The van der Waals surface area contributed by atoms with Crippen LogP contribution >= 0.6 is 0 Å². The fourth-order valence-electron chi connectivity index (χ4n) is 4.66. The molecule has 3 aromatic rings. The first-order chi connectivity index (χ1) is 20.5. The molecular weight excluding hydrogens is 561 g/mol. The van der Waals surface area contributed by atoms with Crippen molar-refractivity contribution in [3.05, 3.63) is 113 Å². The second-order valence-electron chi connectivity index (χ2n) is 9.88. The zero-order valence-electron chi connectivity index (χ0n) is 24.2. The van der Waals surface area contributed by atoms with Gasteiger partial charge in [-0.2, -0.15) is 13.2 Å². The van der Waals surface area contributed by atoms with Gasteiger partial charge in [0.05, 0.1) is 31.7 Å². The van der Waals surface area contributed by atoms with E-state index in [1.165, 1.54) is 7.11 Å². The summed E-state index contributed by atoms with van der Waals surface area (Å²) in [5.41, 5.74) is 1.08. The SMILES string of the molecule is C=CCCOc1cccc(C)c1-c1cccc([C@H](CC(=O)OC)NC(=O)[C@H](CCC=C)n2ccc(C(F)(F)F)cc2=O)c1. The van der Waals surface area contributed by atoms with Crippen LogP contribution in [0.3, 0.4) is 0 Å². The number of carbonyl (C=O) groups is 2. The van der Waals surface area contributed by atoms with Crippen molar-refractivity contribution in [2.24, 2.45) is 0 Å². The number of hydrogen-bond donors (Lipinski definition) is 1. The van der Waals surface area contributed by atoms with Gasteiger partial charge >= 0.3 is 12.1 Å². The van der Waals surface area contributed by atoms with Crippen LogP contribution in [0.1, 0.15) is 54.5 Å². The number of benzene rings is 2. The van der Waals surface area contributed by atoms with Gasteiger partial charge in [-0.3, -0.25) is 14.4 Å². The molecule has 1 amide bonds. The van der Waals surface area contributed by atoms with Crippen LogP contribution in [0.5, 0.6) is 5.75 Å². The van der Waals surface area contributed by atoms with Gasteiger partial charge in [0.1, 0.15) is 11.8 Å². The van der Waals surface area contributed by atoms with Gasteiger partial charge in [0.15, 0.2) is 0 Å². The minimum Gasteiger partial charge on any atom is -0.493 e. The smallest absolute Gasteiger partial charge is 0.416 e. The van der Waals surface area contributed by atoms with Crippen molar-refractivity contribution in [1.29, 1.82) is 0 Å². The fourth-order valence-corrected chi connectivity index (χ4v) is 4.66. The minimum absolute atomic E-state index is 0.0974. The number of aryl methyl sites for hydroxylation is 1. The zero-order chi connectivity index (χ0) is 31.6. The van der Waals surface area contributed by atoms with E-state index >= 15 is 0 Å². The Labute approximate surface area is 248 Å². The van der Waals surface area contributed by atoms with E-state index in [1.54, 1.807) is 24.3 Å². The second-order valence-corrected chi connectivity index (χ2v) is 9.88. The summed E-state index contributed by atoms with van der Waals surface area (Å²) < 4.78 is 51.3. The number of esters is 1. The Morgan fingerprint density at radius 1 is 1.05 bits per heavy atom. The molecule has 1 aromatic heterocycles. The number of allylic oxidation sites excluding steroid dienone is 1. The van der Waals surface area contributed by atoms with Gasteiger partial charge < -0.3 is 19.4 Å². The molecule has 7 nitrogen and oxygen atoms in total. The molecule has 1 N–H and O–H groups in total. The third-order valence-corrected chi connectivity index (χ3v) is 6.86. The first kappa shape index (κ1) is 32.9. The molecule has 2 atom stereocenters. The molecule has 0 fully saturated rings. The van der Waals surface area contributed by atoms with Crippen LogP contribution in [0.2, 0.25) is 0 Å². The van der Waals surface area contributed by atoms with Gasteiger partial charge in [0.25, 0.3) is 5.56 Å². The van der Waals surface area contributed by atoms with Crippen LogP contribution in [0.25, 0.3) is 11.1 Å². The van der Waals surface area contributed by atoms with Crippen LogP contribution in [0.4, 0.5) is 13.2 Å². The number of halogens is 3. The summed E-state index contributed by atoms with van der Waals surface area (Å²) in [5.74, 6) is -0.569. The molecule has 228 valence electrons. The van der Waals surface area contributed by atoms with Crippen molar-refractivity contribution >= 4 is 11.9 Å². The van der Waals surface area contributed by atoms with E-state index in [-0.39, 0.29) is 12.8 Å². The average Bonchev–Trinajstić information content (AvgIpc) is 2.97. The van der Waals surface area contributed by atoms with Gasteiger partial charge in [-0.25, -0.2) is 0 Å². The number of hydrogen-bond acceptors (Lipinski definition) is 5. The number of rotatable bonds is 14.